The van der Waals surface area contributed by atoms with Crippen LogP contribution in [-0.2, 0) is 14.7 Å². The zero-order valence-corrected chi connectivity index (χ0v) is 23.2. The number of aliphatic imine (C=N–C) groups is 1. The van der Waals surface area contributed by atoms with E-state index in [-0.39, 0.29) is 20.6 Å². The van der Waals surface area contributed by atoms with Crippen LogP contribution in [0, 0.1) is 33.6 Å². The van der Waals surface area contributed by atoms with Gasteiger partial charge in [-0.1, -0.05) is 22.8 Å². The lowest BCUT2D eigenvalue weighted by Gasteiger charge is -2.22. The van der Waals surface area contributed by atoms with Crippen molar-refractivity contribution in [3.05, 3.63) is 67.7 Å². The van der Waals surface area contributed by atoms with Gasteiger partial charge in [0.1, 0.15) is 15.6 Å². The van der Waals surface area contributed by atoms with Gasteiger partial charge in [-0.25, -0.2) is 8.42 Å². The average molecular weight is 560 g/mol. The molecular weight excluding hydrogens is 534 g/mol. The Morgan fingerprint density at radius 1 is 1.27 bits per heavy atom. The summed E-state index contributed by atoms with van der Waals surface area (Å²) >= 11 is 7.38. The Balaban J connectivity index is 1.51. The van der Waals surface area contributed by atoms with Crippen molar-refractivity contribution in [1.29, 1.82) is 0 Å². The number of nitrogens with zero attached hydrogens (tertiary/aromatic N) is 2. The molecular formula is C26H26ClN3O5S2. The van der Waals surface area contributed by atoms with Crippen LogP contribution >= 0.6 is 22.9 Å². The first-order chi connectivity index (χ1) is 17.6. The lowest BCUT2D eigenvalue weighted by Crippen LogP contribution is -2.32. The molecule has 194 valence electrons. The molecule has 1 atom stereocenters. The van der Waals surface area contributed by atoms with Crippen LogP contribution < -0.4 is 10.1 Å². The maximum atomic E-state index is 14.0. The molecule has 1 unspecified atom stereocenters. The Labute approximate surface area is 224 Å². The first-order valence-electron chi connectivity index (χ1n) is 11.8. The monoisotopic (exact) mass is 559 g/mol. The normalized spacial score (nSPS) is 18.9. The summed E-state index contributed by atoms with van der Waals surface area (Å²) in [7, 11) is -4.31. The summed E-state index contributed by atoms with van der Waals surface area (Å²) < 4.78 is 39.5. The van der Waals surface area contributed by atoms with Gasteiger partial charge in [0, 0.05) is 11.8 Å². The number of nitrogens with one attached hydrogen (secondary N) is 1. The molecule has 0 radical (unpaired) electrons. The third-order valence-electron chi connectivity index (χ3n) is 6.63. The van der Waals surface area contributed by atoms with Crippen molar-refractivity contribution >= 4 is 50.6 Å². The van der Waals surface area contributed by atoms with Crippen molar-refractivity contribution < 1.29 is 22.5 Å². The first kappa shape index (κ1) is 25.7. The molecule has 37 heavy (non-hydrogen) atoms. The second kappa shape index (κ2) is 9.41. The van der Waals surface area contributed by atoms with E-state index in [9.17, 15) is 13.2 Å². The summed E-state index contributed by atoms with van der Waals surface area (Å²) in [6.07, 6.45) is 6.58. The highest BCUT2D eigenvalue weighted by Gasteiger charge is 2.52. The third-order valence-corrected chi connectivity index (χ3v) is 10.3. The Morgan fingerprint density at radius 2 is 2.03 bits per heavy atom. The molecule has 0 spiro atoms. The van der Waals surface area contributed by atoms with Crippen molar-refractivity contribution in [3.63, 3.8) is 0 Å². The fourth-order valence-corrected chi connectivity index (χ4v) is 7.72. The number of halogens is 1. The summed E-state index contributed by atoms with van der Waals surface area (Å²) in [6, 6.07) is 3.35. The number of anilines is 1. The number of benzene rings is 1. The minimum Gasteiger partial charge on any atom is -0.493 e. The summed E-state index contributed by atoms with van der Waals surface area (Å²) in [4.78, 5) is 15.7. The topological polar surface area (TPSA) is 111 Å². The largest absolute Gasteiger partial charge is 0.493 e. The number of hydrogen-bond donors (Lipinski definition) is 1. The lowest BCUT2D eigenvalue weighted by molar-refractivity contribution is 0.102. The minimum absolute atomic E-state index is 0.0297. The maximum absolute atomic E-state index is 14.0. The summed E-state index contributed by atoms with van der Waals surface area (Å²) in [5.41, 5.74) is 3.58. The number of aromatic nitrogens is 1. The maximum Gasteiger partial charge on any atom is 0.267 e. The standard InChI is InChI=1S/C26H26ClN3O5S2/c1-14-12-15(2)22(34-13-18-6-7-18)16(3)21(14)29-25(31)23-19(8-11-36-23)37(32,33)26(9-5-10-28-26)24-20(27)17(4)30-35-24/h5,8-12,18H,6-7,13H2,1-4H3,(H,29,31). The Morgan fingerprint density at radius 3 is 2.65 bits per heavy atom. The molecule has 3 aromatic rings. The fraction of sp³-hybridized carbons (Fsp3) is 0.346. The van der Waals surface area contributed by atoms with Crippen molar-refractivity contribution in [2.45, 2.75) is 50.3 Å². The number of rotatable bonds is 8. The third kappa shape index (κ3) is 4.30. The summed E-state index contributed by atoms with van der Waals surface area (Å²) in [6.45, 7) is 8.02. The van der Waals surface area contributed by atoms with Gasteiger partial charge in [-0.15, -0.1) is 11.3 Å². The lowest BCUT2D eigenvalue weighted by atomic mass is 10.0. The molecule has 3 heterocycles. The van der Waals surface area contributed by atoms with Crippen molar-refractivity contribution in [3.8, 4) is 5.75 Å². The smallest absolute Gasteiger partial charge is 0.267 e. The molecule has 2 aliphatic rings. The van der Waals surface area contributed by atoms with Gasteiger partial charge < -0.3 is 14.6 Å². The van der Waals surface area contributed by atoms with E-state index in [1.807, 2.05) is 26.8 Å². The molecule has 1 amide bonds. The minimum atomic E-state index is -4.31. The predicted molar refractivity (Wildman–Crippen MR) is 144 cm³/mol. The molecule has 8 nitrogen and oxygen atoms in total. The Hall–Kier alpha value is -2.95. The second-order valence-electron chi connectivity index (χ2n) is 9.41. The van der Waals surface area contributed by atoms with Gasteiger partial charge in [-0.2, -0.15) is 0 Å². The number of aryl methyl sites for hydroxylation is 3. The number of allylic oxidation sites excluding steroid dienone is 1. The molecule has 11 heteroatoms. The number of hydrogen-bond acceptors (Lipinski definition) is 8. The van der Waals surface area contributed by atoms with Crippen molar-refractivity contribution in [1.82, 2.24) is 5.16 Å². The van der Waals surface area contributed by atoms with Crippen LogP contribution in [0.25, 0.3) is 0 Å². The highest BCUT2D eigenvalue weighted by Crippen LogP contribution is 2.45. The van der Waals surface area contributed by atoms with E-state index in [0.717, 1.165) is 33.8 Å². The van der Waals surface area contributed by atoms with E-state index in [1.165, 1.54) is 37.3 Å². The van der Waals surface area contributed by atoms with Crippen LogP contribution in [0.4, 0.5) is 5.69 Å². The molecule has 1 aliphatic heterocycles. The molecule has 1 aromatic carbocycles. The van der Waals surface area contributed by atoms with Gasteiger partial charge >= 0.3 is 0 Å². The molecule has 5 rings (SSSR count). The van der Waals surface area contributed by atoms with Gasteiger partial charge in [0.15, 0.2) is 0 Å². The van der Waals surface area contributed by atoms with E-state index >= 15 is 0 Å². The fourth-order valence-electron chi connectivity index (χ4n) is 4.45. The zero-order valence-electron chi connectivity index (χ0n) is 20.8. The van der Waals surface area contributed by atoms with Gasteiger partial charge in [-0.05, 0) is 81.2 Å². The van der Waals surface area contributed by atoms with E-state index < -0.39 is 20.6 Å². The average Bonchev–Trinajstić information content (AvgIpc) is 3.22. The summed E-state index contributed by atoms with van der Waals surface area (Å²) in [5, 5.41) is 8.37. The molecule has 1 saturated carbocycles. The number of carbonyl (C=O) groups excluding carboxylic acids is 1. The number of amides is 1. The van der Waals surface area contributed by atoms with Gasteiger partial charge in [0.2, 0.25) is 20.5 Å². The number of sulfone groups is 1. The van der Waals surface area contributed by atoms with Gasteiger partial charge in [-0.3, -0.25) is 9.79 Å². The van der Waals surface area contributed by atoms with Crippen molar-refractivity contribution in [2.24, 2.45) is 10.9 Å². The summed E-state index contributed by atoms with van der Waals surface area (Å²) in [5.74, 6) is 0.666. The quantitative estimate of drug-likeness (QED) is 0.366. The van der Waals surface area contributed by atoms with E-state index in [1.54, 1.807) is 12.3 Å². The number of carbonyl (C=O) groups is 1. The zero-order chi connectivity index (χ0) is 26.5. The number of thiophene rings is 1. The Bertz CT molecular complexity index is 1550. The molecule has 2 aromatic heterocycles. The van der Waals surface area contributed by atoms with Crippen LogP contribution in [0.15, 0.2) is 44.1 Å². The second-order valence-corrected chi connectivity index (χ2v) is 12.8. The Kier molecular flexibility index (Phi) is 6.54. The van der Waals surface area contributed by atoms with Crippen LogP contribution in [0.2, 0.25) is 5.02 Å². The van der Waals surface area contributed by atoms with E-state index in [4.69, 9.17) is 20.9 Å². The molecule has 1 aliphatic carbocycles. The highest BCUT2D eigenvalue weighted by molar-refractivity contribution is 7.92. The van der Waals surface area contributed by atoms with E-state index in [0.29, 0.717) is 23.9 Å². The molecule has 1 N–H and O–H groups in total. The van der Waals surface area contributed by atoms with Crippen LogP contribution in [0.5, 0.6) is 5.75 Å². The highest BCUT2D eigenvalue weighted by atomic mass is 35.5. The van der Waals surface area contributed by atoms with E-state index in [2.05, 4.69) is 15.5 Å². The van der Waals surface area contributed by atoms with Crippen LogP contribution in [0.1, 0.15) is 50.7 Å². The van der Waals surface area contributed by atoms with Gasteiger partial charge in [0.05, 0.1) is 22.9 Å². The molecule has 1 fully saturated rings. The first-order valence-corrected chi connectivity index (χ1v) is 14.5. The predicted octanol–water partition coefficient (Wildman–Crippen LogP) is 5.93. The number of ether oxygens (including phenoxy) is 1. The van der Waals surface area contributed by atoms with Crippen LogP contribution in [0.3, 0.4) is 0 Å². The van der Waals surface area contributed by atoms with Gasteiger partial charge in [0.25, 0.3) is 5.91 Å². The molecule has 0 bridgehead atoms. The molecule has 0 saturated heterocycles. The van der Waals surface area contributed by atoms with Crippen LogP contribution in [-0.4, -0.2) is 32.3 Å². The van der Waals surface area contributed by atoms with Crippen molar-refractivity contribution in [2.75, 3.05) is 11.9 Å². The SMILES string of the molecule is Cc1cc(C)c(OCC2CC2)c(C)c1NC(=O)c1sccc1S(=O)(=O)C1(c2onc(C)c2Cl)C=CC=N1.